The van der Waals surface area contributed by atoms with E-state index in [1.807, 2.05) is 0 Å². The molecule has 10 heavy (non-hydrogen) atoms. The van der Waals surface area contributed by atoms with E-state index in [-0.39, 0.29) is 18.6 Å². The molecule has 0 saturated carbocycles. The van der Waals surface area contributed by atoms with Crippen LogP contribution in [-0.4, -0.2) is 18.4 Å². The topological polar surface area (TPSA) is 51.2 Å². The first kappa shape index (κ1) is 12.2. The Kier molecular flexibility index (Phi) is 8.01. The van der Waals surface area contributed by atoms with Gasteiger partial charge in [-0.1, -0.05) is 6.92 Å². The quantitative estimate of drug-likeness (QED) is 0.340. The van der Waals surface area contributed by atoms with Gasteiger partial charge in [0, 0.05) is 11.7 Å². The number of Topliss-reactive ketones (excluding diaryl/α,β-unsaturated/α-hetero) is 1. The fourth-order valence-corrected chi connectivity index (χ4v) is 0.286. The van der Waals surface area contributed by atoms with Crippen LogP contribution >= 0.6 is 0 Å². The maximum Gasteiger partial charge on any atom is 2.00 e. The summed E-state index contributed by atoms with van der Waals surface area (Å²) in [6.45, 7) is 1.44. The van der Waals surface area contributed by atoms with E-state index < -0.39 is 11.7 Å². The number of carbonyl (C=O) groups is 3. The number of aldehydes is 2. The minimum atomic E-state index is -0.685. The van der Waals surface area contributed by atoms with Crippen molar-refractivity contribution in [1.29, 1.82) is 0 Å². The van der Waals surface area contributed by atoms with Crippen LogP contribution in [0.1, 0.15) is 6.92 Å². The number of ketones is 1. The summed E-state index contributed by atoms with van der Waals surface area (Å²) in [5.74, 6) is -1.13. The molecule has 0 saturated heterocycles. The van der Waals surface area contributed by atoms with Crippen molar-refractivity contribution in [2.45, 2.75) is 6.92 Å². The van der Waals surface area contributed by atoms with Crippen LogP contribution in [0.4, 0.5) is 0 Å². The predicted octanol–water partition coefficient (Wildman–Crippen LogP) is -0.209. The molecule has 1 unspecified atom stereocenters. The molecule has 0 bridgehead atoms. The van der Waals surface area contributed by atoms with E-state index in [0.29, 0.717) is 12.6 Å². The molecule has 0 N–H and O–H groups in total. The van der Waals surface area contributed by atoms with E-state index in [1.165, 1.54) is 6.92 Å². The second kappa shape index (κ2) is 6.58. The van der Waals surface area contributed by atoms with Crippen molar-refractivity contribution in [3.63, 3.8) is 0 Å². The van der Waals surface area contributed by atoms with E-state index >= 15 is 0 Å². The van der Waals surface area contributed by atoms with Crippen LogP contribution in [0.2, 0.25) is 0 Å². The van der Waals surface area contributed by atoms with Gasteiger partial charge < -0.3 is 14.4 Å². The van der Waals surface area contributed by atoms with Crippen molar-refractivity contribution < 1.29 is 32.9 Å². The molecular formula is C6H7O3V+. The molecule has 0 aliphatic heterocycles. The average molecular weight is 178 g/mol. The Morgan fingerprint density at radius 1 is 1.50 bits per heavy atom. The van der Waals surface area contributed by atoms with Gasteiger partial charge in [0.05, 0.1) is 0 Å². The van der Waals surface area contributed by atoms with E-state index in [9.17, 15) is 14.4 Å². The Bertz CT molecular complexity index is 133. The third kappa shape index (κ3) is 4.35. The summed E-state index contributed by atoms with van der Waals surface area (Å²) >= 11 is 0. The van der Waals surface area contributed by atoms with Gasteiger partial charge in [0.2, 0.25) is 0 Å². The minimum Gasteiger partial charge on any atom is -0.338 e. The molecule has 3 nitrogen and oxygen atoms in total. The average Bonchev–Trinajstić information content (AvgIpc) is 1.87. The molecule has 0 aromatic heterocycles. The van der Waals surface area contributed by atoms with Gasteiger partial charge in [-0.05, 0) is 6.29 Å². The molecule has 0 aliphatic rings. The Hall–Kier alpha value is -0.536. The number of hydrogen-bond donors (Lipinski definition) is 0. The Morgan fingerprint density at radius 3 is 2.30 bits per heavy atom. The van der Waals surface area contributed by atoms with Crippen LogP contribution in [-0.2, 0) is 32.9 Å². The van der Waals surface area contributed by atoms with Gasteiger partial charge in [0.25, 0.3) is 0 Å². The zero-order valence-electron chi connectivity index (χ0n) is 5.48. The van der Waals surface area contributed by atoms with Crippen molar-refractivity contribution in [3.8, 4) is 0 Å². The summed E-state index contributed by atoms with van der Waals surface area (Å²) in [4.78, 5) is 30.0. The van der Waals surface area contributed by atoms with Crippen LogP contribution in [0.5, 0.6) is 0 Å². The molecule has 0 heterocycles. The summed E-state index contributed by atoms with van der Waals surface area (Å²) in [5, 5.41) is 0. The zero-order valence-corrected chi connectivity index (χ0v) is 6.88. The number of hydrogen-bond acceptors (Lipinski definition) is 3. The van der Waals surface area contributed by atoms with E-state index in [2.05, 4.69) is 0 Å². The van der Waals surface area contributed by atoms with Crippen LogP contribution in [0, 0.1) is 12.3 Å². The smallest absolute Gasteiger partial charge is 0.338 e. The standard InChI is InChI=1S/C6H7O3.V/c1-5(4-8)6(9)2-3-7;/h2-5H,1H3;/q-1;+2. The van der Waals surface area contributed by atoms with E-state index in [0.717, 1.165) is 6.42 Å². The molecule has 4 heteroatoms. The first-order valence-corrected chi connectivity index (χ1v) is 2.50. The molecule has 53 valence electrons. The number of carbonyl (C=O) groups excluding carboxylic acids is 3. The molecule has 0 rings (SSSR count). The summed E-state index contributed by atoms with van der Waals surface area (Å²) in [7, 11) is 0. The fourth-order valence-electron chi connectivity index (χ4n) is 0.286. The normalized spacial score (nSPS) is 10.5. The summed E-state index contributed by atoms with van der Waals surface area (Å²) < 4.78 is 0. The second-order valence-electron chi connectivity index (χ2n) is 1.63. The monoisotopic (exact) mass is 178 g/mol. The molecule has 0 aromatic carbocycles. The van der Waals surface area contributed by atoms with Crippen LogP contribution in [0.3, 0.4) is 0 Å². The SMILES string of the molecule is CC(C=O)C(=O)[CH-]C=O.[V+2]. The summed E-state index contributed by atoms with van der Waals surface area (Å²) in [6.07, 6.45) is 1.73. The van der Waals surface area contributed by atoms with Crippen molar-refractivity contribution in [3.05, 3.63) is 6.42 Å². The van der Waals surface area contributed by atoms with Gasteiger partial charge >= 0.3 is 18.6 Å². The maximum absolute atomic E-state index is 10.5. The zero-order chi connectivity index (χ0) is 7.28. The third-order valence-corrected chi connectivity index (χ3v) is 0.885. The van der Waals surface area contributed by atoms with Crippen molar-refractivity contribution in [2.24, 2.45) is 5.92 Å². The Labute approximate surface area is 71.1 Å². The number of rotatable bonds is 4. The Morgan fingerprint density at radius 2 is 2.00 bits per heavy atom. The molecule has 0 amide bonds. The Balaban J connectivity index is 0. The van der Waals surface area contributed by atoms with Gasteiger partial charge in [-0.15, -0.1) is 0 Å². The third-order valence-electron chi connectivity index (χ3n) is 0.885. The van der Waals surface area contributed by atoms with Crippen molar-refractivity contribution in [1.82, 2.24) is 0 Å². The van der Waals surface area contributed by atoms with Crippen LogP contribution in [0.25, 0.3) is 0 Å². The van der Waals surface area contributed by atoms with Crippen LogP contribution < -0.4 is 0 Å². The van der Waals surface area contributed by atoms with Crippen molar-refractivity contribution in [2.75, 3.05) is 0 Å². The van der Waals surface area contributed by atoms with E-state index in [4.69, 9.17) is 0 Å². The van der Waals surface area contributed by atoms with Crippen molar-refractivity contribution >= 4 is 18.4 Å². The van der Waals surface area contributed by atoms with Gasteiger partial charge in [0.15, 0.2) is 0 Å². The maximum atomic E-state index is 10.5. The minimum absolute atomic E-state index is 0. The van der Waals surface area contributed by atoms with Gasteiger partial charge in [-0.25, -0.2) is 0 Å². The fraction of sp³-hybridized carbons (Fsp3) is 0.333. The predicted molar refractivity (Wildman–Crippen MR) is 30.6 cm³/mol. The van der Waals surface area contributed by atoms with Crippen LogP contribution in [0.15, 0.2) is 0 Å². The van der Waals surface area contributed by atoms with E-state index in [1.54, 1.807) is 0 Å². The molecule has 1 atom stereocenters. The molecule has 1 radical (unpaired) electrons. The first-order chi connectivity index (χ1) is 4.22. The van der Waals surface area contributed by atoms with Gasteiger partial charge in [-0.2, -0.15) is 0 Å². The molecule has 0 fully saturated rings. The largest absolute Gasteiger partial charge is 2.00 e. The first-order valence-electron chi connectivity index (χ1n) is 2.50. The summed E-state index contributed by atoms with van der Waals surface area (Å²) in [5.41, 5.74) is 0. The molecule has 0 spiro atoms. The second-order valence-corrected chi connectivity index (χ2v) is 1.63. The molecular weight excluding hydrogens is 171 g/mol. The molecule has 0 aromatic rings. The summed E-state index contributed by atoms with van der Waals surface area (Å²) in [6, 6.07) is 0. The van der Waals surface area contributed by atoms with Gasteiger partial charge in [-0.3, -0.25) is 6.42 Å². The van der Waals surface area contributed by atoms with Gasteiger partial charge in [0.1, 0.15) is 6.29 Å². The molecule has 0 aliphatic carbocycles.